The Hall–Kier alpha value is -7.73. The van der Waals surface area contributed by atoms with E-state index >= 15 is 0 Å². The number of allylic oxidation sites excluding steroid dienone is 3. The van der Waals surface area contributed by atoms with Gasteiger partial charge in [-0.1, -0.05) is 104 Å². The summed E-state index contributed by atoms with van der Waals surface area (Å²) >= 11 is 0. The average Bonchev–Trinajstić information content (AvgIpc) is 1.47. The minimum Gasteiger partial charge on any atom is -0.467 e. The number of hydrogen-bond acceptors (Lipinski definition) is 17. The minimum atomic E-state index is -1.42. The van der Waals surface area contributed by atoms with Crippen LogP contribution in [0.25, 0.3) is 0 Å². The first-order chi connectivity index (χ1) is 42.6. The van der Waals surface area contributed by atoms with Crippen molar-refractivity contribution in [2.75, 3.05) is 38.7 Å². The van der Waals surface area contributed by atoms with E-state index in [1.165, 1.54) is 50.0 Å². The summed E-state index contributed by atoms with van der Waals surface area (Å²) in [6, 6.07) is 2.37. The van der Waals surface area contributed by atoms with Gasteiger partial charge in [-0.25, -0.2) is 19.2 Å². The highest BCUT2D eigenvalue weighted by atomic mass is 16.6. The number of epoxide rings is 1. The Morgan fingerprint density at radius 1 is 0.844 bits per heavy atom. The maximum atomic E-state index is 14.0. The number of unbranched alkanes of at least 4 members (excludes halogenated alkanes) is 2. The van der Waals surface area contributed by atoms with E-state index < -0.39 is 112 Å². The molecule has 3 aliphatic heterocycles. The van der Waals surface area contributed by atoms with Gasteiger partial charge in [0.1, 0.15) is 35.9 Å². The largest absolute Gasteiger partial charge is 0.467 e. The summed E-state index contributed by atoms with van der Waals surface area (Å²) in [6.07, 6.45) is 14.1. The summed E-state index contributed by atoms with van der Waals surface area (Å²) in [5.74, 6) is -7.62. The van der Waals surface area contributed by atoms with E-state index in [9.17, 15) is 52.7 Å². The highest BCUT2D eigenvalue weighted by Gasteiger charge is 2.82. The van der Waals surface area contributed by atoms with Crippen LogP contribution in [0.15, 0.2) is 72.4 Å². The van der Waals surface area contributed by atoms with Crippen molar-refractivity contribution >= 4 is 71.0 Å². The lowest BCUT2D eigenvalue weighted by molar-refractivity contribution is -0.217. The molecular weight excluding hydrogens is 1160 g/mol. The number of amides is 8. The van der Waals surface area contributed by atoms with Gasteiger partial charge in [0.05, 0.1) is 43.9 Å². The number of anilines is 1. The molecule has 1 spiro atoms. The molecule has 24 nitrogen and oxygen atoms in total. The molecule has 7 unspecified atom stereocenters. The highest BCUT2D eigenvalue weighted by Crippen LogP contribution is 2.73. The molecule has 1 aromatic carbocycles. The van der Waals surface area contributed by atoms with E-state index in [1.807, 2.05) is 6.92 Å². The molecule has 3 fully saturated rings. The zero-order valence-electron chi connectivity index (χ0n) is 53.9. The molecule has 1 saturated carbocycles. The van der Waals surface area contributed by atoms with Gasteiger partial charge in [-0.05, 0) is 94.7 Å². The summed E-state index contributed by atoms with van der Waals surface area (Å²) in [4.78, 5) is 144. The summed E-state index contributed by atoms with van der Waals surface area (Å²) < 4.78 is 35.4. The lowest BCUT2D eigenvalue weighted by Gasteiger charge is -2.58. The van der Waals surface area contributed by atoms with Crippen LogP contribution in [0.4, 0.5) is 10.5 Å². The van der Waals surface area contributed by atoms with Crippen LogP contribution in [0, 0.1) is 34.0 Å². The number of primary amides is 1. The number of methoxy groups -OCH3 is 1. The van der Waals surface area contributed by atoms with Crippen LogP contribution in [-0.2, 0) is 76.4 Å². The zero-order valence-corrected chi connectivity index (χ0v) is 53.9. The predicted octanol–water partition coefficient (Wildman–Crippen LogP) is 6.18. The number of nitrogens with zero attached hydrogens (tertiary/aromatic N) is 1. The Balaban J connectivity index is 0.960. The fraction of sp³-hybridized carbons (Fsp3) is 0.621. The second kappa shape index (κ2) is 31.3. The van der Waals surface area contributed by atoms with Gasteiger partial charge in [-0.15, -0.1) is 0 Å². The van der Waals surface area contributed by atoms with Crippen molar-refractivity contribution in [2.45, 2.75) is 194 Å². The van der Waals surface area contributed by atoms with Crippen LogP contribution in [0.1, 0.15) is 158 Å². The van der Waals surface area contributed by atoms with E-state index in [2.05, 4.69) is 53.4 Å². The van der Waals surface area contributed by atoms with Crippen LogP contribution in [0.2, 0.25) is 0 Å². The van der Waals surface area contributed by atoms with Crippen molar-refractivity contribution in [1.29, 1.82) is 0 Å². The smallest absolute Gasteiger partial charge is 0.331 e. The Morgan fingerprint density at radius 2 is 1.51 bits per heavy atom. The molecule has 2 aliphatic carbocycles. The Labute approximate surface area is 527 Å². The first-order valence-electron chi connectivity index (χ1n) is 31.4. The standard InChI is InChI=1S/C66H93N7O17/c1-12-43(31-35-86-53(77)22-16-17-23-54(78)90-47-37-49-66(38-87-66)64(47,10)65(13-2)32-30-40(5)36-48(65)89-49)56(60(82)85-11)72-61(83)63(8,9)41(6)59(81)88-42(7)44-24-26-45(27-25-44)69-57(79)46(20-19-33-68-62(67)84)70-58(80)55(39(3)4)71-50(74)21-15-14-18-34-73-51(75)28-29-52(73)76/h16-17,22-29,36,39,41-43,46-49,55-56H,12-15,18-21,30-35,37-38H2,1-11H3,(H,69,79)(H,70,80)(H,71,74)(H,72,83)(H3,67,68,84)/b22-16+,23-17-/t41?,42?,43-,46+,47?,48-,49?,55?,56?,64?,65+,66+/m1/s1. The molecule has 5 aliphatic rings. The number of rotatable bonds is 33. The number of fused-ring (bicyclic) bond motifs is 2. The van der Waals surface area contributed by atoms with Crippen LogP contribution >= 0.6 is 0 Å². The number of imide groups is 1. The number of ether oxygens (including phenoxy) is 6. The number of carbonyl (C=O) groups is 11. The topological polar surface area (TPSA) is 336 Å². The van der Waals surface area contributed by atoms with Crippen molar-refractivity contribution in [3.63, 3.8) is 0 Å². The molecular formula is C66H93N7O17. The Kier molecular flexibility index (Phi) is 24.8. The minimum absolute atomic E-state index is 0.0792. The van der Waals surface area contributed by atoms with Gasteiger partial charge in [0.15, 0.2) is 0 Å². The first-order valence-corrected chi connectivity index (χ1v) is 31.4. The monoisotopic (exact) mass is 1260 g/mol. The van der Waals surface area contributed by atoms with Crippen molar-refractivity contribution in [2.24, 2.45) is 39.7 Å². The van der Waals surface area contributed by atoms with Crippen LogP contribution in [-0.4, -0.2) is 146 Å². The molecule has 12 atom stereocenters. The summed E-state index contributed by atoms with van der Waals surface area (Å²) in [5, 5.41) is 13.5. The molecule has 24 heteroatoms. The molecule has 7 N–H and O–H groups in total. The van der Waals surface area contributed by atoms with Crippen LogP contribution in [0.5, 0.6) is 0 Å². The van der Waals surface area contributed by atoms with Gasteiger partial charge in [-0.2, -0.15) is 0 Å². The maximum absolute atomic E-state index is 14.0. The van der Waals surface area contributed by atoms with E-state index in [1.54, 1.807) is 58.9 Å². The fourth-order valence-electron chi connectivity index (χ4n) is 12.9. The zero-order chi connectivity index (χ0) is 66.3. The molecule has 90 heavy (non-hydrogen) atoms. The number of hydrogen-bond donors (Lipinski definition) is 6. The predicted molar refractivity (Wildman–Crippen MR) is 330 cm³/mol. The maximum Gasteiger partial charge on any atom is 0.331 e. The van der Waals surface area contributed by atoms with Gasteiger partial charge >= 0.3 is 29.9 Å². The third-order valence-corrected chi connectivity index (χ3v) is 19.2. The third kappa shape index (κ3) is 16.8. The molecule has 8 amide bonds. The highest BCUT2D eigenvalue weighted by molar-refractivity contribution is 6.12. The third-order valence-electron chi connectivity index (χ3n) is 19.2. The summed E-state index contributed by atoms with van der Waals surface area (Å²) in [7, 11) is 1.19. The van der Waals surface area contributed by atoms with E-state index in [0.717, 1.165) is 30.2 Å². The molecule has 2 saturated heterocycles. The van der Waals surface area contributed by atoms with Gasteiger partial charge in [0.2, 0.25) is 23.6 Å². The van der Waals surface area contributed by atoms with Crippen LogP contribution < -0.4 is 32.3 Å². The fourth-order valence-corrected chi connectivity index (χ4v) is 12.9. The second-order valence-corrected chi connectivity index (χ2v) is 25.3. The lowest BCUT2D eigenvalue weighted by Crippen LogP contribution is -2.64. The average molecular weight is 1260 g/mol. The summed E-state index contributed by atoms with van der Waals surface area (Å²) in [5.41, 5.74) is 4.79. The van der Waals surface area contributed by atoms with Crippen molar-refractivity contribution in [1.82, 2.24) is 26.2 Å². The molecule has 1 aromatic rings. The summed E-state index contributed by atoms with van der Waals surface area (Å²) in [6.45, 7) is 18.8. The second-order valence-electron chi connectivity index (χ2n) is 25.3. The number of esters is 4. The molecule has 3 heterocycles. The van der Waals surface area contributed by atoms with E-state index in [4.69, 9.17) is 34.2 Å². The number of urea groups is 1. The van der Waals surface area contributed by atoms with Crippen molar-refractivity contribution in [3.05, 3.63) is 77.9 Å². The molecule has 0 radical (unpaired) electrons. The molecule has 6 rings (SSSR count). The normalized spacial score (nSPS) is 24.5. The van der Waals surface area contributed by atoms with Gasteiger partial charge in [0.25, 0.3) is 11.8 Å². The van der Waals surface area contributed by atoms with E-state index in [-0.39, 0.29) is 80.7 Å². The number of carbonyl (C=O) groups excluding carboxylic acids is 11. The number of benzene rings is 1. The van der Waals surface area contributed by atoms with Crippen LogP contribution in [0.3, 0.4) is 0 Å². The first kappa shape index (κ1) is 71.3. The molecule has 2 bridgehead atoms. The molecule has 0 aromatic heterocycles. The number of nitrogens with one attached hydrogen (secondary N) is 5. The quantitative estimate of drug-likeness (QED) is 0.00669. The van der Waals surface area contributed by atoms with E-state index in [0.29, 0.717) is 50.0 Å². The van der Waals surface area contributed by atoms with Gasteiger partial charge in [0, 0.05) is 66.8 Å². The van der Waals surface area contributed by atoms with Gasteiger partial charge in [-0.3, -0.25) is 38.5 Å². The Bertz CT molecular complexity index is 2930. The van der Waals surface area contributed by atoms with Gasteiger partial charge < -0.3 is 60.7 Å². The molecule has 494 valence electrons. The van der Waals surface area contributed by atoms with Crippen molar-refractivity contribution < 1.29 is 81.2 Å². The lowest BCUT2D eigenvalue weighted by atomic mass is 9.50. The Morgan fingerprint density at radius 3 is 2.12 bits per heavy atom. The SMILES string of the molecule is CC[C@H](CCOC(=O)/C=C/C=C\C(=O)OC1CC2O[C@@H]3C=C(C)CC[C@]3(CC)C1(C)[C@]21CO1)C(NC(=O)C(C)(C)C(C)C(=O)OC(C)c1ccc(NC(=O)[C@H](CCCNC(N)=O)NC(=O)C(NC(=O)CCCCCN2C(=O)C=CC2=O)C(C)C)cc1)C(=O)OC. The number of nitrogens with two attached hydrogens (primary N) is 1. The van der Waals surface area contributed by atoms with Crippen molar-refractivity contribution in [3.8, 4) is 0 Å².